The van der Waals surface area contributed by atoms with E-state index in [4.69, 9.17) is 0 Å². The molecule has 144 valence electrons. The molecule has 0 atom stereocenters. The van der Waals surface area contributed by atoms with Crippen molar-refractivity contribution in [3.8, 4) is 0 Å². The van der Waals surface area contributed by atoms with E-state index >= 15 is 0 Å². The molecule has 3 rings (SSSR count). The Morgan fingerprint density at radius 2 is 1.64 bits per heavy atom. The molecule has 6 nitrogen and oxygen atoms in total. The third-order valence-corrected chi connectivity index (χ3v) is 4.32. The van der Waals surface area contributed by atoms with Gasteiger partial charge < -0.3 is 15.1 Å². The smallest absolute Gasteiger partial charge is 0.272 e. The maximum Gasteiger partial charge on any atom is 0.272 e. The zero-order chi connectivity index (χ0) is 20.1. The molecular formula is C22H25N5O. The Morgan fingerprint density at radius 3 is 2.29 bits per heavy atom. The first-order valence-corrected chi connectivity index (χ1v) is 9.12. The van der Waals surface area contributed by atoms with Gasteiger partial charge in [-0.2, -0.15) is 0 Å². The molecule has 28 heavy (non-hydrogen) atoms. The second-order valence-corrected chi connectivity index (χ2v) is 6.93. The highest BCUT2D eigenvalue weighted by atomic mass is 16.2. The number of aryl methyl sites for hydroxylation is 1. The summed E-state index contributed by atoms with van der Waals surface area (Å²) in [7, 11) is 5.77. The summed E-state index contributed by atoms with van der Waals surface area (Å²) in [6.45, 7) is 2.38. The van der Waals surface area contributed by atoms with Gasteiger partial charge >= 0.3 is 0 Å². The normalized spacial score (nSPS) is 10.4. The minimum Gasteiger partial charge on any atom is -0.378 e. The summed E-state index contributed by atoms with van der Waals surface area (Å²) in [5.41, 5.74) is 4.15. The number of hydrogen-bond donors (Lipinski definition) is 1. The molecule has 0 aliphatic carbocycles. The van der Waals surface area contributed by atoms with Gasteiger partial charge in [-0.1, -0.05) is 30.3 Å². The molecule has 1 heterocycles. The lowest BCUT2D eigenvalue weighted by Crippen LogP contribution is -2.27. The molecule has 3 aromatic rings. The van der Waals surface area contributed by atoms with Gasteiger partial charge in [-0.25, -0.2) is 9.97 Å². The molecule has 0 radical (unpaired) electrons. The number of benzene rings is 2. The van der Waals surface area contributed by atoms with E-state index in [-0.39, 0.29) is 5.91 Å². The average molecular weight is 375 g/mol. The first-order chi connectivity index (χ1) is 13.4. The maximum atomic E-state index is 12.8. The van der Waals surface area contributed by atoms with Crippen molar-refractivity contribution in [1.29, 1.82) is 0 Å². The summed E-state index contributed by atoms with van der Waals surface area (Å²) in [6.07, 6.45) is 0. The van der Waals surface area contributed by atoms with Crippen LogP contribution in [-0.2, 0) is 6.54 Å². The Labute approximate surface area is 165 Å². The highest BCUT2D eigenvalue weighted by Crippen LogP contribution is 2.19. The predicted octanol–water partition coefficient (Wildman–Crippen LogP) is 3.87. The van der Waals surface area contributed by atoms with Gasteiger partial charge in [0.05, 0.1) is 0 Å². The summed E-state index contributed by atoms with van der Waals surface area (Å²) in [6, 6.07) is 19.5. The molecule has 0 aliphatic rings. The fourth-order valence-electron chi connectivity index (χ4n) is 2.83. The van der Waals surface area contributed by atoms with Crippen molar-refractivity contribution in [2.75, 3.05) is 31.4 Å². The Hall–Kier alpha value is -3.41. The van der Waals surface area contributed by atoms with Crippen molar-refractivity contribution in [2.24, 2.45) is 0 Å². The van der Waals surface area contributed by atoms with Crippen molar-refractivity contribution >= 4 is 23.2 Å². The van der Waals surface area contributed by atoms with E-state index in [1.54, 1.807) is 18.0 Å². The summed E-state index contributed by atoms with van der Waals surface area (Å²) in [5.74, 6) is 0.273. The highest BCUT2D eigenvalue weighted by molar-refractivity contribution is 5.92. The molecule has 1 amide bonds. The molecule has 0 saturated carbocycles. The van der Waals surface area contributed by atoms with Crippen LogP contribution in [0.15, 0.2) is 60.7 Å². The molecule has 0 bridgehead atoms. The molecule has 1 N–H and O–H groups in total. The van der Waals surface area contributed by atoms with Crippen molar-refractivity contribution in [3.05, 3.63) is 77.6 Å². The first kappa shape index (κ1) is 19.4. The van der Waals surface area contributed by atoms with Gasteiger partial charge in [-0.15, -0.1) is 0 Å². The summed E-state index contributed by atoms with van der Waals surface area (Å²) in [4.78, 5) is 25.4. The van der Waals surface area contributed by atoms with Gasteiger partial charge in [-0.05, 0) is 42.8 Å². The van der Waals surface area contributed by atoms with Crippen LogP contribution in [0.1, 0.15) is 21.7 Å². The van der Waals surface area contributed by atoms with E-state index in [1.165, 1.54) is 0 Å². The quantitative estimate of drug-likeness (QED) is 0.709. The van der Waals surface area contributed by atoms with E-state index in [0.29, 0.717) is 18.2 Å². The second kappa shape index (κ2) is 8.52. The number of nitrogens with one attached hydrogen (secondary N) is 1. The summed E-state index contributed by atoms with van der Waals surface area (Å²) < 4.78 is 0. The Balaban J connectivity index is 1.75. The summed E-state index contributed by atoms with van der Waals surface area (Å²) in [5, 5.41) is 3.18. The van der Waals surface area contributed by atoms with Gasteiger partial charge in [0.2, 0.25) is 5.95 Å². The number of carbonyl (C=O) groups is 1. The standard InChI is InChI=1S/C22H25N5O/c1-16-14-20(21(28)27(4)15-17-8-6-5-7-9-17)25-22(23-16)24-18-10-12-19(13-11-18)26(2)3/h5-14H,15H2,1-4H3,(H,23,24,25). The van der Waals surface area contributed by atoms with Crippen LogP contribution in [0.3, 0.4) is 0 Å². The Morgan fingerprint density at radius 1 is 0.964 bits per heavy atom. The molecular weight excluding hydrogens is 350 g/mol. The average Bonchev–Trinajstić information content (AvgIpc) is 2.68. The Bertz CT molecular complexity index is 939. The van der Waals surface area contributed by atoms with E-state index in [1.807, 2.05) is 80.5 Å². The van der Waals surface area contributed by atoms with Gasteiger partial charge in [0, 0.05) is 44.8 Å². The van der Waals surface area contributed by atoms with Crippen molar-refractivity contribution in [2.45, 2.75) is 13.5 Å². The van der Waals surface area contributed by atoms with Crippen LogP contribution in [0.5, 0.6) is 0 Å². The van der Waals surface area contributed by atoms with Gasteiger partial charge in [-0.3, -0.25) is 4.79 Å². The van der Waals surface area contributed by atoms with Crippen molar-refractivity contribution in [3.63, 3.8) is 0 Å². The van der Waals surface area contributed by atoms with E-state index in [0.717, 1.165) is 22.6 Å². The maximum absolute atomic E-state index is 12.8. The number of carbonyl (C=O) groups excluding carboxylic acids is 1. The predicted molar refractivity (Wildman–Crippen MR) is 113 cm³/mol. The third-order valence-electron chi connectivity index (χ3n) is 4.32. The van der Waals surface area contributed by atoms with Gasteiger partial charge in [0.25, 0.3) is 5.91 Å². The molecule has 1 aromatic heterocycles. The molecule has 6 heteroatoms. The minimum atomic E-state index is -0.139. The zero-order valence-corrected chi connectivity index (χ0v) is 16.7. The van der Waals surface area contributed by atoms with E-state index in [9.17, 15) is 4.79 Å². The van der Waals surface area contributed by atoms with Crippen molar-refractivity contribution < 1.29 is 4.79 Å². The van der Waals surface area contributed by atoms with Crippen LogP contribution in [0.25, 0.3) is 0 Å². The topological polar surface area (TPSA) is 61.4 Å². The number of nitrogens with zero attached hydrogens (tertiary/aromatic N) is 4. The molecule has 0 saturated heterocycles. The number of amides is 1. The van der Waals surface area contributed by atoms with Crippen LogP contribution in [0, 0.1) is 6.92 Å². The van der Waals surface area contributed by atoms with Crippen LogP contribution < -0.4 is 10.2 Å². The first-order valence-electron chi connectivity index (χ1n) is 9.12. The van der Waals surface area contributed by atoms with Gasteiger partial charge in [0.15, 0.2) is 0 Å². The van der Waals surface area contributed by atoms with Crippen LogP contribution in [-0.4, -0.2) is 41.9 Å². The largest absolute Gasteiger partial charge is 0.378 e. The lowest BCUT2D eigenvalue weighted by atomic mass is 10.2. The van der Waals surface area contributed by atoms with Crippen LogP contribution >= 0.6 is 0 Å². The lowest BCUT2D eigenvalue weighted by Gasteiger charge is -2.17. The summed E-state index contributed by atoms with van der Waals surface area (Å²) >= 11 is 0. The van der Waals surface area contributed by atoms with E-state index < -0.39 is 0 Å². The van der Waals surface area contributed by atoms with Crippen molar-refractivity contribution in [1.82, 2.24) is 14.9 Å². The fraction of sp³-hybridized carbons (Fsp3) is 0.227. The molecule has 0 unspecified atom stereocenters. The lowest BCUT2D eigenvalue weighted by molar-refractivity contribution is 0.0779. The third kappa shape index (κ3) is 4.85. The zero-order valence-electron chi connectivity index (χ0n) is 16.7. The minimum absolute atomic E-state index is 0.139. The van der Waals surface area contributed by atoms with Crippen LogP contribution in [0.2, 0.25) is 0 Å². The molecule has 0 fully saturated rings. The fourth-order valence-corrected chi connectivity index (χ4v) is 2.83. The number of rotatable bonds is 6. The monoisotopic (exact) mass is 375 g/mol. The highest BCUT2D eigenvalue weighted by Gasteiger charge is 2.16. The SMILES string of the molecule is Cc1cc(C(=O)N(C)Cc2ccccc2)nc(Nc2ccc(N(C)C)cc2)n1. The molecule has 0 aliphatic heterocycles. The number of hydrogen-bond acceptors (Lipinski definition) is 5. The molecule has 2 aromatic carbocycles. The number of anilines is 3. The molecule has 0 spiro atoms. The van der Waals surface area contributed by atoms with Crippen LogP contribution in [0.4, 0.5) is 17.3 Å². The van der Waals surface area contributed by atoms with E-state index in [2.05, 4.69) is 15.3 Å². The second-order valence-electron chi connectivity index (χ2n) is 6.93. The number of aromatic nitrogens is 2. The Kier molecular flexibility index (Phi) is 5.89. The van der Waals surface area contributed by atoms with Gasteiger partial charge in [0.1, 0.15) is 5.69 Å².